The molecule has 0 saturated carbocycles. The molecule has 1 spiro atoms. The lowest BCUT2D eigenvalue weighted by molar-refractivity contribution is -0.197. The summed E-state index contributed by atoms with van der Waals surface area (Å²) in [5, 5.41) is 3.04. The first-order valence-electron chi connectivity index (χ1n) is 8.57. The molecule has 25 heavy (non-hydrogen) atoms. The Kier molecular flexibility index (Phi) is 4.02. The largest absolute Gasteiger partial charge is 0.375 e. The maximum Gasteiger partial charge on any atom is 0.252 e. The summed E-state index contributed by atoms with van der Waals surface area (Å²) >= 11 is 0. The fraction of sp³-hybridized carbons (Fsp3) is 0.556. The Hall–Kier alpha value is -1.96. The summed E-state index contributed by atoms with van der Waals surface area (Å²) < 4.78 is 19.2. The molecule has 7 nitrogen and oxygen atoms in total. The minimum absolute atomic E-state index is 0.0685. The quantitative estimate of drug-likeness (QED) is 0.909. The zero-order chi connectivity index (χ0) is 17.5. The maximum atomic E-state index is 12.5. The molecule has 2 saturated heterocycles. The van der Waals surface area contributed by atoms with Crippen molar-refractivity contribution < 1.29 is 19.0 Å². The number of ether oxygens (including phenoxy) is 3. The second-order valence-electron chi connectivity index (χ2n) is 7.36. The minimum Gasteiger partial charge on any atom is -0.375 e. The van der Waals surface area contributed by atoms with Gasteiger partial charge < -0.3 is 23.9 Å². The topological polar surface area (TPSA) is 74.1 Å². The number of pyridine rings is 1. The fourth-order valence-electron chi connectivity index (χ4n) is 3.71. The number of nitrogens with one attached hydrogen (secondary N) is 1. The second kappa shape index (κ2) is 6.09. The van der Waals surface area contributed by atoms with Gasteiger partial charge in [0.05, 0.1) is 25.4 Å². The highest BCUT2D eigenvalue weighted by Crippen LogP contribution is 2.44. The van der Waals surface area contributed by atoms with E-state index in [0.717, 1.165) is 5.65 Å². The van der Waals surface area contributed by atoms with Gasteiger partial charge in [-0.25, -0.2) is 4.98 Å². The fourth-order valence-corrected chi connectivity index (χ4v) is 3.71. The molecule has 0 bridgehead atoms. The van der Waals surface area contributed by atoms with E-state index in [4.69, 9.17) is 14.2 Å². The number of hydrogen-bond donors (Lipinski definition) is 1. The third kappa shape index (κ3) is 2.92. The Balaban J connectivity index is 1.45. The maximum absolute atomic E-state index is 12.5. The average Bonchev–Trinajstić information content (AvgIpc) is 3.34. The van der Waals surface area contributed by atoms with Gasteiger partial charge in [-0.3, -0.25) is 4.79 Å². The molecule has 2 aromatic heterocycles. The first kappa shape index (κ1) is 16.5. The molecule has 1 atom stereocenters. The summed E-state index contributed by atoms with van der Waals surface area (Å²) in [6, 6.07) is 3.62. The number of carbonyl (C=O) groups is 1. The van der Waals surface area contributed by atoms with Crippen LogP contribution in [-0.2, 0) is 14.2 Å². The molecule has 1 N–H and O–H groups in total. The van der Waals surface area contributed by atoms with E-state index in [1.807, 2.05) is 16.7 Å². The third-order valence-electron chi connectivity index (χ3n) is 5.19. The van der Waals surface area contributed by atoms with E-state index in [2.05, 4.69) is 24.1 Å². The van der Waals surface area contributed by atoms with Gasteiger partial charge in [0.15, 0.2) is 5.79 Å². The van der Waals surface area contributed by atoms with Crippen molar-refractivity contribution in [2.45, 2.75) is 19.6 Å². The minimum atomic E-state index is -0.663. The van der Waals surface area contributed by atoms with E-state index in [-0.39, 0.29) is 17.2 Å². The van der Waals surface area contributed by atoms with Gasteiger partial charge in [-0.2, -0.15) is 0 Å². The lowest BCUT2D eigenvalue weighted by Crippen LogP contribution is -2.50. The molecular weight excluding hydrogens is 322 g/mol. The lowest BCUT2D eigenvalue weighted by Gasteiger charge is -2.38. The van der Waals surface area contributed by atoms with Gasteiger partial charge in [0, 0.05) is 31.1 Å². The van der Waals surface area contributed by atoms with Crippen LogP contribution in [0.4, 0.5) is 0 Å². The van der Waals surface area contributed by atoms with Gasteiger partial charge in [0.25, 0.3) is 5.91 Å². The Bertz CT molecular complexity index is 774. The van der Waals surface area contributed by atoms with Crippen LogP contribution in [-0.4, -0.2) is 54.1 Å². The second-order valence-corrected chi connectivity index (χ2v) is 7.36. The van der Waals surface area contributed by atoms with Crippen molar-refractivity contribution in [3.8, 4) is 0 Å². The van der Waals surface area contributed by atoms with Crippen molar-refractivity contribution in [3.05, 3.63) is 36.3 Å². The first-order valence-corrected chi connectivity index (χ1v) is 8.57. The molecule has 1 amide bonds. The van der Waals surface area contributed by atoms with Crippen LogP contribution in [0.2, 0.25) is 0 Å². The van der Waals surface area contributed by atoms with E-state index >= 15 is 0 Å². The van der Waals surface area contributed by atoms with Gasteiger partial charge in [-0.1, -0.05) is 13.8 Å². The standard InChI is InChI=1S/C18H23N3O4/c1-17(2,14-10-23-12-18(14)24-7-8-25-18)11-20-16(22)13-3-4-15-19-5-6-21(15)9-13/h3-6,9,14H,7-8,10-12H2,1-2H3,(H,20,22)/t14-/m0/s1. The predicted molar refractivity (Wildman–Crippen MR) is 90.3 cm³/mol. The van der Waals surface area contributed by atoms with Crippen LogP contribution in [0.1, 0.15) is 24.2 Å². The molecule has 0 radical (unpaired) electrons. The molecule has 0 aliphatic carbocycles. The van der Waals surface area contributed by atoms with Crippen LogP contribution in [0, 0.1) is 11.3 Å². The molecule has 2 aliphatic heterocycles. The Morgan fingerprint density at radius 1 is 1.40 bits per heavy atom. The van der Waals surface area contributed by atoms with Crippen LogP contribution >= 0.6 is 0 Å². The normalized spacial score (nSPS) is 22.7. The van der Waals surface area contributed by atoms with Crippen molar-refractivity contribution in [3.63, 3.8) is 0 Å². The molecule has 2 aromatic rings. The Labute approximate surface area is 146 Å². The number of fused-ring (bicyclic) bond motifs is 1. The van der Waals surface area contributed by atoms with Crippen molar-refractivity contribution in [1.82, 2.24) is 14.7 Å². The van der Waals surface area contributed by atoms with Gasteiger partial charge in [0.2, 0.25) is 0 Å². The van der Waals surface area contributed by atoms with Crippen molar-refractivity contribution >= 4 is 11.6 Å². The smallest absolute Gasteiger partial charge is 0.252 e. The summed E-state index contributed by atoms with van der Waals surface area (Å²) in [4.78, 5) is 16.7. The molecule has 2 fully saturated rings. The first-order chi connectivity index (χ1) is 12.0. The molecule has 134 valence electrons. The highest BCUT2D eigenvalue weighted by atomic mass is 16.8. The SMILES string of the molecule is CC(C)(CNC(=O)c1ccc2nccn2c1)[C@@H]1COCC12OCCO2. The van der Waals surface area contributed by atoms with E-state index < -0.39 is 5.79 Å². The molecule has 7 heteroatoms. The van der Waals surface area contributed by atoms with E-state index in [1.54, 1.807) is 18.5 Å². The molecule has 0 aromatic carbocycles. The number of imidazole rings is 1. The highest BCUT2D eigenvalue weighted by Gasteiger charge is 2.55. The Morgan fingerprint density at radius 2 is 2.20 bits per heavy atom. The van der Waals surface area contributed by atoms with Crippen molar-refractivity contribution in [2.24, 2.45) is 11.3 Å². The van der Waals surface area contributed by atoms with Crippen molar-refractivity contribution in [2.75, 3.05) is 33.0 Å². The van der Waals surface area contributed by atoms with Crippen LogP contribution in [0.25, 0.3) is 5.65 Å². The van der Waals surface area contributed by atoms with E-state index in [9.17, 15) is 4.79 Å². The molecule has 4 rings (SSSR count). The van der Waals surface area contributed by atoms with Crippen LogP contribution < -0.4 is 5.32 Å². The number of aromatic nitrogens is 2. The summed E-state index contributed by atoms with van der Waals surface area (Å²) in [6.45, 7) is 6.93. The van der Waals surface area contributed by atoms with Gasteiger partial charge >= 0.3 is 0 Å². The van der Waals surface area contributed by atoms with Crippen LogP contribution in [0.15, 0.2) is 30.7 Å². The van der Waals surface area contributed by atoms with E-state index in [1.165, 1.54) is 0 Å². The zero-order valence-electron chi connectivity index (χ0n) is 14.5. The Morgan fingerprint density at radius 3 is 3.00 bits per heavy atom. The summed E-state index contributed by atoms with van der Waals surface area (Å²) in [7, 11) is 0. The molecule has 0 unspecified atom stereocenters. The highest BCUT2D eigenvalue weighted by molar-refractivity contribution is 5.94. The molecule has 4 heterocycles. The predicted octanol–water partition coefficient (Wildman–Crippen LogP) is 1.48. The molecular formula is C18H23N3O4. The third-order valence-corrected chi connectivity index (χ3v) is 5.19. The number of amides is 1. The number of hydrogen-bond acceptors (Lipinski definition) is 5. The van der Waals surface area contributed by atoms with Gasteiger partial charge in [-0.15, -0.1) is 0 Å². The van der Waals surface area contributed by atoms with Crippen LogP contribution in [0.3, 0.4) is 0 Å². The number of rotatable bonds is 4. The molecule has 2 aliphatic rings. The van der Waals surface area contributed by atoms with Crippen LogP contribution in [0.5, 0.6) is 0 Å². The number of nitrogens with zero attached hydrogens (tertiary/aromatic N) is 2. The zero-order valence-corrected chi connectivity index (χ0v) is 14.5. The summed E-state index contributed by atoms with van der Waals surface area (Å²) in [5.74, 6) is -0.701. The lowest BCUT2D eigenvalue weighted by atomic mass is 9.75. The summed E-state index contributed by atoms with van der Waals surface area (Å²) in [6.07, 6.45) is 5.32. The monoisotopic (exact) mass is 345 g/mol. The average molecular weight is 345 g/mol. The van der Waals surface area contributed by atoms with Gasteiger partial charge in [0.1, 0.15) is 12.3 Å². The van der Waals surface area contributed by atoms with Gasteiger partial charge in [-0.05, 0) is 17.5 Å². The number of carbonyl (C=O) groups excluding carboxylic acids is 1. The van der Waals surface area contributed by atoms with E-state index in [0.29, 0.717) is 38.5 Å². The van der Waals surface area contributed by atoms with Crippen molar-refractivity contribution in [1.29, 1.82) is 0 Å². The summed E-state index contributed by atoms with van der Waals surface area (Å²) in [5.41, 5.74) is 1.19.